The molecule has 0 bridgehead atoms. The summed E-state index contributed by atoms with van der Waals surface area (Å²) in [6.07, 6.45) is 3.33. The molecule has 1 unspecified atom stereocenters. The molecule has 2 rings (SSSR count). The minimum atomic E-state index is -0.532. The molecule has 1 aromatic rings. The van der Waals surface area contributed by atoms with Crippen molar-refractivity contribution in [3.8, 4) is 0 Å². The number of benzene rings is 1. The number of piperidine rings is 1. The van der Waals surface area contributed by atoms with Crippen LogP contribution in [0.4, 0.5) is 8.78 Å². The third-order valence-electron chi connectivity index (χ3n) is 5.19. The lowest BCUT2D eigenvalue weighted by Crippen LogP contribution is -2.49. The number of hydrogen-bond acceptors (Lipinski definition) is 3. The zero-order valence-corrected chi connectivity index (χ0v) is 17.6. The second kappa shape index (κ2) is 11.3. The molecule has 1 aliphatic heterocycles. The van der Waals surface area contributed by atoms with Gasteiger partial charge >= 0.3 is 0 Å². The fourth-order valence-electron chi connectivity index (χ4n) is 3.65. The fourth-order valence-corrected chi connectivity index (χ4v) is 3.65. The predicted octanol–water partition coefficient (Wildman–Crippen LogP) is 3.00. The Morgan fingerprint density at radius 1 is 1.21 bits per heavy atom. The third-order valence-corrected chi connectivity index (χ3v) is 5.19. The highest BCUT2D eigenvalue weighted by molar-refractivity contribution is 5.80. The van der Waals surface area contributed by atoms with Gasteiger partial charge in [-0.25, -0.2) is 8.78 Å². The number of aliphatic imine (C=N–C) groups is 1. The van der Waals surface area contributed by atoms with Crippen LogP contribution >= 0.6 is 0 Å². The minimum absolute atomic E-state index is 0.0694. The Balaban J connectivity index is 2.05. The van der Waals surface area contributed by atoms with Crippen LogP contribution in [0.25, 0.3) is 0 Å². The smallest absolute Gasteiger partial charge is 0.191 e. The van der Waals surface area contributed by atoms with Crippen molar-refractivity contribution in [3.05, 3.63) is 35.4 Å². The third kappa shape index (κ3) is 6.41. The van der Waals surface area contributed by atoms with E-state index >= 15 is 0 Å². The molecule has 0 radical (unpaired) electrons. The molecule has 1 atom stereocenters. The number of likely N-dealkylation sites (tertiary alicyclic amines) is 1. The van der Waals surface area contributed by atoms with Crippen LogP contribution in [0.3, 0.4) is 0 Å². The number of rotatable bonds is 8. The van der Waals surface area contributed by atoms with E-state index in [-0.39, 0.29) is 12.1 Å². The molecule has 0 spiro atoms. The van der Waals surface area contributed by atoms with Gasteiger partial charge in [0.15, 0.2) is 5.96 Å². The average molecular weight is 396 g/mol. The van der Waals surface area contributed by atoms with E-state index < -0.39 is 17.7 Å². The van der Waals surface area contributed by atoms with Crippen molar-refractivity contribution >= 4 is 5.96 Å². The molecule has 0 aromatic heterocycles. The summed E-state index contributed by atoms with van der Waals surface area (Å²) in [4.78, 5) is 8.94. The lowest BCUT2D eigenvalue weighted by Gasteiger charge is -2.33. The Bertz CT molecular complexity index is 607. The van der Waals surface area contributed by atoms with Crippen LogP contribution in [0.15, 0.2) is 23.2 Å². The summed E-state index contributed by atoms with van der Waals surface area (Å²) in [5, 5.41) is 6.76. The van der Waals surface area contributed by atoms with E-state index in [0.29, 0.717) is 12.0 Å². The first kappa shape index (κ1) is 22.6. The summed E-state index contributed by atoms with van der Waals surface area (Å²) >= 11 is 0. The molecule has 7 heteroatoms. The molecular weight excluding hydrogens is 360 g/mol. The molecule has 5 nitrogen and oxygen atoms in total. The van der Waals surface area contributed by atoms with Gasteiger partial charge in [0, 0.05) is 31.2 Å². The quantitative estimate of drug-likeness (QED) is 0.525. The van der Waals surface area contributed by atoms with Crippen molar-refractivity contribution in [2.24, 2.45) is 4.99 Å². The molecule has 1 aliphatic rings. The van der Waals surface area contributed by atoms with Crippen LogP contribution < -0.4 is 10.6 Å². The van der Waals surface area contributed by atoms with Gasteiger partial charge in [-0.15, -0.1) is 0 Å². The van der Waals surface area contributed by atoms with Crippen LogP contribution in [0.5, 0.6) is 0 Å². The van der Waals surface area contributed by atoms with Crippen molar-refractivity contribution in [3.63, 3.8) is 0 Å². The van der Waals surface area contributed by atoms with Crippen LogP contribution in [0.2, 0.25) is 0 Å². The summed E-state index contributed by atoms with van der Waals surface area (Å²) in [7, 11) is 3.63. The maximum Gasteiger partial charge on any atom is 0.191 e. The molecule has 1 saturated heterocycles. The molecule has 0 saturated carbocycles. The van der Waals surface area contributed by atoms with E-state index in [4.69, 9.17) is 0 Å². The van der Waals surface area contributed by atoms with E-state index in [1.165, 1.54) is 24.6 Å². The monoisotopic (exact) mass is 395 g/mol. The topological polar surface area (TPSA) is 42.9 Å². The van der Waals surface area contributed by atoms with Crippen LogP contribution in [0.1, 0.15) is 44.7 Å². The average Bonchev–Trinajstić information content (AvgIpc) is 2.65. The van der Waals surface area contributed by atoms with E-state index in [0.717, 1.165) is 39.0 Å². The van der Waals surface area contributed by atoms with Gasteiger partial charge in [0.05, 0.1) is 12.6 Å². The summed E-state index contributed by atoms with van der Waals surface area (Å²) in [5.74, 6) is -0.356. The Morgan fingerprint density at radius 3 is 2.39 bits per heavy atom. The molecule has 1 heterocycles. The second-order valence-electron chi connectivity index (χ2n) is 7.59. The molecule has 2 N–H and O–H groups in total. The maximum atomic E-state index is 14.3. The zero-order chi connectivity index (χ0) is 20.5. The van der Waals surface area contributed by atoms with Gasteiger partial charge in [-0.1, -0.05) is 13.0 Å². The van der Waals surface area contributed by atoms with Crippen molar-refractivity contribution in [1.82, 2.24) is 20.4 Å². The highest BCUT2D eigenvalue weighted by Crippen LogP contribution is 2.24. The molecular formula is C21H35F2N5. The van der Waals surface area contributed by atoms with Crippen molar-refractivity contribution in [2.45, 2.75) is 45.2 Å². The van der Waals surface area contributed by atoms with Gasteiger partial charge in [-0.3, -0.25) is 4.99 Å². The highest BCUT2D eigenvalue weighted by Gasteiger charge is 2.23. The molecule has 28 heavy (non-hydrogen) atoms. The van der Waals surface area contributed by atoms with Crippen LogP contribution in [0, 0.1) is 11.6 Å². The van der Waals surface area contributed by atoms with Crippen LogP contribution in [-0.2, 0) is 0 Å². The second-order valence-corrected chi connectivity index (χ2v) is 7.59. The van der Waals surface area contributed by atoms with Gasteiger partial charge in [0.1, 0.15) is 11.6 Å². The summed E-state index contributed by atoms with van der Waals surface area (Å²) < 4.78 is 28.5. The number of nitrogens with zero attached hydrogens (tertiary/aromatic N) is 3. The standard InChI is InChI=1S/C21H35F2N5/c1-5-12-28-13-10-16(11-14-28)26-21(24-6-2)25-15-19(27(3)4)20-17(22)8-7-9-18(20)23/h7-9,16,19H,5-6,10-15H2,1-4H3,(H2,24,25,26). The van der Waals surface area contributed by atoms with E-state index in [1.807, 2.05) is 21.0 Å². The Labute approximate surface area is 168 Å². The number of guanidine groups is 1. The van der Waals surface area contributed by atoms with Gasteiger partial charge in [-0.05, 0) is 59.0 Å². The molecule has 1 aromatic carbocycles. The summed E-state index contributed by atoms with van der Waals surface area (Å²) in [5.41, 5.74) is 0.0694. The summed E-state index contributed by atoms with van der Waals surface area (Å²) in [6, 6.07) is 3.89. The number of nitrogens with one attached hydrogen (secondary N) is 2. The largest absolute Gasteiger partial charge is 0.357 e. The van der Waals surface area contributed by atoms with Crippen molar-refractivity contribution in [2.75, 3.05) is 46.8 Å². The van der Waals surface area contributed by atoms with Gasteiger partial charge in [0.25, 0.3) is 0 Å². The first-order valence-electron chi connectivity index (χ1n) is 10.3. The van der Waals surface area contributed by atoms with Gasteiger partial charge in [0.2, 0.25) is 0 Å². The Hall–Kier alpha value is -1.73. The predicted molar refractivity (Wildman–Crippen MR) is 112 cm³/mol. The number of likely N-dealkylation sites (N-methyl/N-ethyl adjacent to an activating group) is 1. The maximum absolute atomic E-state index is 14.3. The first-order chi connectivity index (χ1) is 13.5. The summed E-state index contributed by atoms with van der Waals surface area (Å²) in [6.45, 7) is 8.56. The zero-order valence-electron chi connectivity index (χ0n) is 17.6. The van der Waals surface area contributed by atoms with E-state index in [2.05, 4.69) is 27.4 Å². The van der Waals surface area contributed by atoms with Crippen LogP contribution in [-0.4, -0.2) is 68.6 Å². The van der Waals surface area contributed by atoms with Gasteiger partial charge < -0.3 is 20.4 Å². The van der Waals surface area contributed by atoms with E-state index in [1.54, 1.807) is 4.90 Å². The number of halogens is 2. The Kier molecular flexibility index (Phi) is 9.12. The fraction of sp³-hybridized carbons (Fsp3) is 0.667. The molecule has 1 fully saturated rings. The highest BCUT2D eigenvalue weighted by atomic mass is 19.1. The normalized spacial score (nSPS) is 17.8. The number of hydrogen-bond donors (Lipinski definition) is 2. The van der Waals surface area contributed by atoms with Gasteiger partial charge in [-0.2, -0.15) is 0 Å². The lowest BCUT2D eigenvalue weighted by molar-refractivity contribution is 0.206. The molecule has 0 aliphatic carbocycles. The first-order valence-corrected chi connectivity index (χ1v) is 10.3. The van der Waals surface area contributed by atoms with E-state index in [9.17, 15) is 8.78 Å². The SMILES string of the molecule is CCCN1CCC(NC(=NCC(c2c(F)cccc2F)N(C)C)NCC)CC1. The van der Waals surface area contributed by atoms with Crippen molar-refractivity contribution < 1.29 is 8.78 Å². The van der Waals surface area contributed by atoms with Crippen molar-refractivity contribution in [1.29, 1.82) is 0 Å². The Morgan fingerprint density at radius 2 is 1.86 bits per heavy atom. The molecule has 0 amide bonds. The lowest BCUT2D eigenvalue weighted by atomic mass is 10.0. The minimum Gasteiger partial charge on any atom is -0.357 e. The molecule has 158 valence electrons.